The minimum atomic E-state index is -3.47. The van der Waals surface area contributed by atoms with E-state index in [0.29, 0.717) is 24.8 Å². The molecule has 0 radical (unpaired) electrons. The van der Waals surface area contributed by atoms with Crippen LogP contribution in [0, 0.1) is 5.92 Å². The van der Waals surface area contributed by atoms with Gasteiger partial charge in [0.2, 0.25) is 0 Å². The maximum absolute atomic E-state index is 12.9. The molecule has 6 heteroatoms. The van der Waals surface area contributed by atoms with Crippen LogP contribution in [-0.2, 0) is 10.2 Å². The zero-order valence-electron chi connectivity index (χ0n) is 13.9. The third-order valence-electron chi connectivity index (χ3n) is 4.71. The summed E-state index contributed by atoms with van der Waals surface area (Å²) in [6, 6.07) is 9.30. The van der Waals surface area contributed by atoms with Crippen molar-refractivity contribution >= 4 is 21.2 Å². The van der Waals surface area contributed by atoms with Gasteiger partial charge < -0.3 is 4.42 Å². The lowest BCUT2D eigenvalue weighted by molar-refractivity contribution is 0.249. The van der Waals surface area contributed by atoms with E-state index >= 15 is 0 Å². The summed E-state index contributed by atoms with van der Waals surface area (Å²) in [7, 11) is -1.84. The molecule has 3 rings (SSSR count). The predicted molar refractivity (Wildman–Crippen MR) is 91.3 cm³/mol. The summed E-state index contributed by atoms with van der Waals surface area (Å²) in [5.41, 5.74) is 0.784. The molecular formula is C17H24N2O3S. The van der Waals surface area contributed by atoms with E-state index in [1.165, 1.54) is 4.31 Å². The zero-order valence-corrected chi connectivity index (χ0v) is 14.7. The van der Waals surface area contributed by atoms with Crippen LogP contribution in [0.4, 0.5) is 0 Å². The van der Waals surface area contributed by atoms with Crippen LogP contribution in [0.25, 0.3) is 11.0 Å². The molecule has 0 unspecified atom stereocenters. The lowest BCUT2D eigenvalue weighted by atomic mass is 10.0. The maximum atomic E-state index is 12.9. The minimum absolute atomic E-state index is 0.343. The Balaban J connectivity index is 1.84. The van der Waals surface area contributed by atoms with Crippen LogP contribution in [0.3, 0.4) is 0 Å². The molecule has 0 amide bonds. The number of nitrogens with zero attached hydrogens (tertiary/aromatic N) is 2. The fourth-order valence-corrected chi connectivity index (χ4v) is 4.80. The standard InChI is InChI=1S/C17H24N2O3S/c1-13-7-6-10-19(12-13)23(20,21)18(3)14(2)17-11-15-8-4-5-9-16(15)22-17/h4-5,8-9,11,13-14H,6-7,10,12H2,1-3H3/t13-,14-/m1/s1. The Morgan fingerprint density at radius 3 is 2.78 bits per heavy atom. The van der Waals surface area contributed by atoms with E-state index in [1.807, 2.05) is 37.3 Å². The number of rotatable bonds is 4. The highest BCUT2D eigenvalue weighted by Gasteiger charge is 2.34. The quantitative estimate of drug-likeness (QED) is 0.860. The van der Waals surface area contributed by atoms with E-state index < -0.39 is 10.2 Å². The molecule has 0 N–H and O–H groups in total. The van der Waals surface area contributed by atoms with E-state index in [9.17, 15) is 8.42 Å². The number of para-hydroxylation sites is 1. The zero-order chi connectivity index (χ0) is 16.6. The van der Waals surface area contributed by atoms with Gasteiger partial charge in [0.15, 0.2) is 0 Å². The molecule has 1 aliphatic heterocycles. The van der Waals surface area contributed by atoms with Crippen LogP contribution in [0.1, 0.15) is 38.5 Å². The monoisotopic (exact) mass is 336 g/mol. The molecule has 1 aromatic carbocycles. The van der Waals surface area contributed by atoms with Crippen molar-refractivity contribution < 1.29 is 12.8 Å². The summed E-state index contributed by atoms with van der Waals surface area (Å²) >= 11 is 0. The van der Waals surface area contributed by atoms with Gasteiger partial charge in [-0.15, -0.1) is 0 Å². The second-order valence-corrected chi connectivity index (χ2v) is 8.48. The van der Waals surface area contributed by atoms with Gasteiger partial charge in [-0.2, -0.15) is 17.0 Å². The van der Waals surface area contributed by atoms with Gasteiger partial charge in [-0.05, 0) is 37.8 Å². The Morgan fingerprint density at radius 2 is 2.09 bits per heavy atom. The Morgan fingerprint density at radius 1 is 1.35 bits per heavy atom. The van der Waals surface area contributed by atoms with Gasteiger partial charge in [0.05, 0.1) is 6.04 Å². The first-order chi connectivity index (χ1) is 10.9. The summed E-state index contributed by atoms with van der Waals surface area (Å²) in [4.78, 5) is 0. The largest absolute Gasteiger partial charge is 0.459 e. The van der Waals surface area contributed by atoms with Gasteiger partial charge in [0.25, 0.3) is 10.2 Å². The normalized spacial score (nSPS) is 21.8. The van der Waals surface area contributed by atoms with Crippen LogP contribution in [0.2, 0.25) is 0 Å². The van der Waals surface area contributed by atoms with Crippen molar-refractivity contribution in [3.05, 3.63) is 36.1 Å². The lowest BCUT2D eigenvalue weighted by Gasteiger charge is -2.34. The Kier molecular flexibility index (Phi) is 4.49. The van der Waals surface area contributed by atoms with Crippen molar-refractivity contribution in [2.75, 3.05) is 20.1 Å². The van der Waals surface area contributed by atoms with Crippen molar-refractivity contribution in [2.24, 2.45) is 5.92 Å². The number of fused-ring (bicyclic) bond motifs is 1. The molecule has 2 aromatic rings. The highest BCUT2D eigenvalue weighted by molar-refractivity contribution is 7.86. The molecule has 1 saturated heterocycles. The summed E-state index contributed by atoms with van der Waals surface area (Å²) in [5, 5.41) is 0.992. The second kappa shape index (κ2) is 6.26. The van der Waals surface area contributed by atoms with Crippen molar-refractivity contribution in [3.8, 4) is 0 Å². The van der Waals surface area contributed by atoms with Crippen molar-refractivity contribution in [3.63, 3.8) is 0 Å². The number of hydrogen-bond acceptors (Lipinski definition) is 3. The number of hydrogen-bond donors (Lipinski definition) is 0. The van der Waals surface area contributed by atoms with E-state index in [0.717, 1.165) is 23.8 Å². The highest BCUT2D eigenvalue weighted by Crippen LogP contribution is 2.30. The Labute approximate surface area is 138 Å². The first-order valence-electron chi connectivity index (χ1n) is 8.11. The SMILES string of the molecule is C[C@@H]1CCCN(S(=O)(=O)N(C)[C@H](C)c2cc3ccccc3o2)C1. The van der Waals surface area contributed by atoms with Gasteiger partial charge in [-0.25, -0.2) is 0 Å². The number of furan rings is 1. The van der Waals surface area contributed by atoms with Gasteiger partial charge >= 0.3 is 0 Å². The van der Waals surface area contributed by atoms with Gasteiger partial charge in [-0.3, -0.25) is 0 Å². The number of piperidine rings is 1. The Hall–Kier alpha value is -1.37. The van der Waals surface area contributed by atoms with Crippen LogP contribution < -0.4 is 0 Å². The third-order valence-corrected chi connectivity index (χ3v) is 6.74. The van der Waals surface area contributed by atoms with E-state index in [-0.39, 0.29) is 6.04 Å². The van der Waals surface area contributed by atoms with Crippen LogP contribution in [0.15, 0.2) is 34.7 Å². The fourth-order valence-electron chi connectivity index (χ4n) is 3.13. The van der Waals surface area contributed by atoms with Crippen LogP contribution in [0.5, 0.6) is 0 Å². The molecule has 23 heavy (non-hydrogen) atoms. The summed E-state index contributed by atoms with van der Waals surface area (Å²) in [6.07, 6.45) is 2.02. The van der Waals surface area contributed by atoms with Crippen LogP contribution in [-0.4, -0.2) is 37.2 Å². The van der Waals surface area contributed by atoms with Gasteiger partial charge in [-0.1, -0.05) is 25.1 Å². The molecule has 1 aliphatic rings. The molecule has 1 fully saturated rings. The second-order valence-electron chi connectivity index (χ2n) is 6.49. The maximum Gasteiger partial charge on any atom is 0.282 e. The molecule has 0 bridgehead atoms. The molecule has 0 aliphatic carbocycles. The average Bonchev–Trinajstić information content (AvgIpc) is 2.97. The van der Waals surface area contributed by atoms with Crippen molar-refractivity contribution in [2.45, 2.75) is 32.7 Å². The summed E-state index contributed by atoms with van der Waals surface area (Å²) < 4.78 is 34.6. The first kappa shape index (κ1) is 16.5. The smallest absolute Gasteiger partial charge is 0.282 e. The predicted octanol–water partition coefficient (Wildman–Crippen LogP) is 3.40. The van der Waals surface area contributed by atoms with Gasteiger partial charge in [0.1, 0.15) is 11.3 Å². The van der Waals surface area contributed by atoms with E-state index in [2.05, 4.69) is 6.92 Å². The van der Waals surface area contributed by atoms with E-state index in [4.69, 9.17) is 4.42 Å². The molecule has 1 aromatic heterocycles. The third kappa shape index (κ3) is 3.16. The summed E-state index contributed by atoms with van der Waals surface area (Å²) in [6.45, 7) is 5.16. The van der Waals surface area contributed by atoms with Crippen molar-refractivity contribution in [1.82, 2.24) is 8.61 Å². The van der Waals surface area contributed by atoms with Gasteiger partial charge in [0, 0.05) is 25.5 Å². The number of benzene rings is 1. The van der Waals surface area contributed by atoms with E-state index in [1.54, 1.807) is 11.4 Å². The fraction of sp³-hybridized carbons (Fsp3) is 0.529. The molecule has 2 atom stereocenters. The van der Waals surface area contributed by atoms with Crippen molar-refractivity contribution in [1.29, 1.82) is 0 Å². The molecule has 0 saturated carbocycles. The molecule has 5 nitrogen and oxygen atoms in total. The topological polar surface area (TPSA) is 53.8 Å². The van der Waals surface area contributed by atoms with Crippen LogP contribution >= 0.6 is 0 Å². The minimum Gasteiger partial charge on any atom is -0.459 e. The Bertz CT molecular complexity index is 751. The molecule has 126 valence electrons. The first-order valence-corrected chi connectivity index (χ1v) is 9.51. The molecule has 2 heterocycles. The highest BCUT2D eigenvalue weighted by atomic mass is 32.2. The molecular weight excluding hydrogens is 312 g/mol. The average molecular weight is 336 g/mol. The molecule has 0 spiro atoms. The lowest BCUT2D eigenvalue weighted by Crippen LogP contribution is -2.46. The summed E-state index contributed by atoms with van der Waals surface area (Å²) in [5.74, 6) is 1.08.